The van der Waals surface area contributed by atoms with Crippen LogP contribution in [-0.2, 0) is 4.74 Å². The maximum atomic E-state index is 11.4. The van der Waals surface area contributed by atoms with Gasteiger partial charge in [-0.2, -0.15) is 0 Å². The Balaban J connectivity index is 2.65. The topological polar surface area (TPSA) is 98.6 Å². The van der Waals surface area contributed by atoms with Gasteiger partial charge in [-0.1, -0.05) is 0 Å². The van der Waals surface area contributed by atoms with E-state index < -0.39 is 5.97 Å². The fourth-order valence-corrected chi connectivity index (χ4v) is 1.07. The number of benzene rings is 1. The van der Waals surface area contributed by atoms with Gasteiger partial charge in [0.2, 0.25) is 0 Å². The number of aliphatic hydroxyl groups excluding tert-OH is 1. The van der Waals surface area contributed by atoms with Crippen molar-refractivity contribution in [3.63, 3.8) is 0 Å². The standard InChI is InChI=1S/C10H14N2O3/c11-7-2-3-8(9(12)6-7)10(14)15-5-1-4-13/h2-3,6,13H,1,4-5,11-12H2. The quantitative estimate of drug-likeness (QED) is 0.379. The van der Waals surface area contributed by atoms with Gasteiger partial charge in [-0.25, -0.2) is 4.79 Å². The van der Waals surface area contributed by atoms with Gasteiger partial charge in [0.15, 0.2) is 0 Å². The number of nitrogen functional groups attached to an aromatic ring is 2. The minimum atomic E-state index is -0.499. The van der Waals surface area contributed by atoms with Crippen LogP contribution in [0.1, 0.15) is 16.8 Å². The van der Waals surface area contributed by atoms with Gasteiger partial charge in [0.25, 0.3) is 0 Å². The molecule has 1 aromatic carbocycles. The summed E-state index contributed by atoms with van der Waals surface area (Å²) in [6, 6.07) is 4.60. The highest BCUT2D eigenvalue weighted by Gasteiger charge is 2.10. The minimum Gasteiger partial charge on any atom is -0.462 e. The van der Waals surface area contributed by atoms with Crippen LogP contribution in [-0.4, -0.2) is 24.3 Å². The predicted molar refractivity (Wildman–Crippen MR) is 57.3 cm³/mol. The van der Waals surface area contributed by atoms with Crippen LogP contribution in [0.25, 0.3) is 0 Å². The van der Waals surface area contributed by atoms with E-state index in [1.165, 1.54) is 12.1 Å². The van der Waals surface area contributed by atoms with Gasteiger partial charge in [0.05, 0.1) is 12.2 Å². The molecule has 0 aliphatic carbocycles. The average Bonchev–Trinajstić information content (AvgIpc) is 2.17. The van der Waals surface area contributed by atoms with Gasteiger partial charge in [-0.3, -0.25) is 0 Å². The van der Waals surface area contributed by atoms with Gasteiger partial charge in [0.1, 0.15) is 0 Å². The summed E-state index contributed by atoms with van der Waals surface area (Å²) in [7, 11) is 0. The molecule has 0 bridgehead atoms. The van der Waals surface area contributed by atoms with Gasteiger partial charge >= 0.3 is 5.97 Å². The van der Waals surface area contributed by atoms with Crippen LogP contribution in [0.3, 0.4) is 0 Å². The van der Waals surface area contributed by atoms with Gasteiger partial charge in [-0.05, 0) is 18.2 Å². The van der Waals surface area contributed by atoms with E-state index in [0.717, 1.165) is 0 Å². The normalized spacial score (nSPS) is 9.93. The summed E-state index contributed by atoms with van der Waals surface area (Å²) in [5, 5.41) is 8.51. The van der Waals surface area contributed by atoms with Crippen molar-refractivity contribution in [3.8, 4) is 0 Å². The zero-order chi connectivity index (χ0) is 11.3. The fourth-order valence-electron chi connectivity index (χ4n) is 1.07. The van der Waals surface area contributed by atoms with Crippen molar-refractivity contribution in [2.24, 2.45) is 0 Å². The Morgan fingerprint density at radius 2 is 2.13 bits per heavy atom. The number of esters is 1. The fraction of sp³-hybridized carbons (Fsp3) is 0.300. The molecule has 0 saturated carbocycles. The molecule has 1 aromatic rings. The summed E-state index contributed by atoms with van der Waals surface area (Å²) in [6.45, 7) is 0.170. The third-order valence-electron chi connectivity index (χ3n) is 1.83. The zero-order valence-corrected chi connectivity index (χ0v) is 8.27. The molecule has 5 N–H and O–H groups in total. The highest BCUT2D eigenvalue weighted by atomic mass is 16.5. The molecule has 0 atom stereocenters. The Morgan fingerprint density at radius 1 is 1.40 bits per heavy atom. The maximum absolute atomic E-state index is 11.4. The molecule has 0 aromatic heterocycles. The van der Waals surface area contributed by atoms with Gasteiger partial charge in [0, 0.05) is 24.4 Å². The maximum Gasteiger partial charge on any atom is 0.340 e. The van der Waals surface area contributed by atoms with Crippen molar-refractivity contribution < 1.29 is 14.6 Å². The molecule has 0 amide bonds. The molecule has 0 aliphatic heterocycles. The van der Waals surface area contributed by atoms with Crippen molar-refractivity contribution in [1.29, 1.82) is 0 Å². The summed E-state index contributed by atoms with van der Waals surface area (Å²) in [5.41, 5.74) is 12.2. The lowest BCUT2D eigenvalue weighted by atomic mass is 10.1. The first-order chi connectivity index (χ1) is 7.15. The van der Waals surface area contributed by atoms with Crippen LogP contribution in [0.15, 0.2) is 18.2 Å². The number of anilines is 2. The number of ether oxygens (including phenoxy) is 1. The van der Waals surface area contributed by atoms with E-state index in [-0.39, 0.29) is 13.2 Å². The SMILES string of the molecule is Nc1ccc(C(=O)OCCCO)c(N)c1. The average molecular weight is 210 g/mol. The first kappa shape index (κ1) is 11.3. The van der Waals surface area contributed by atoms with E-state index in [0.29, 0.717) is 23.4 Å². The lowest BCUT2D eigenvalue weighted by Gasteiger charge is -2.06. The monoisotopic (exact) mass is 210 g/mol. The van der Waals surface area contributed by atoms with Crippen molar-refractivity contribution in [3.05, 3.63) is 23.8 Å². The Hall–Kier alpha value is -1.75. The Labute approximate surface area is 87.6 Å². The molecule has 0 unspecified atom stereocenters. The smallest absolute Gasteiger partial charge is 0.340 e. The lowest BCUT2D eigenvalue weighted by molar-refractivity contribution is 0.0483. The number of hydrogen-bond acceptors (Lipinski definition) is 5. The summed E-state index contributed by atoms with van der Waals surface area (Å²) in [6.07, 6.45) is 0.417. The van der Waals surface area contributed by atoms with E-state index in [1.54, 1.807) is 6.07 Å². The first-order valence-electron chi connectivity index (χ1n) is 4.58. The van der Waals surface area contributed by atoms with Crippen molar-refractivity contribution >= 4 is 17.3 Å². The van der Waals surface area contributed by atoms with E-state index in [2.05, 4.69) is 0 Å². The van der Waals surface area contributed by atoms with Crippen LogP contribution < -0.4 is 11.5 Å². The third kappa shape index (κ3) is 3.14. The second-order valence-corrected chi connectivity index (χ2v) is 3.06. The summed E-state index contributed by atoms with van der Waals surface area (Å²) in [4.78, 5) is 11.4. The van der Waals surface area contributed by atoms with Gasteiger partial charge < -0.3 is 21.3 Å². The van der Waals surface area contributed by atoms with Crippen LogP contribution >= 0.6 is 0 Å². The number of hydrogen-bond donors (Lipinski definition) is 3. The summed E-state index contributed by atoms with van der Waals surface area (Å²) in [5.74, 6) is -0.499. The van der Waals surface area contributed by atoms with Crippen molar-refractivity contribution in [2.75, 3.05) is 24.7 Å². The molecule has 0 spiro atoms. The molecule has 0 aliphatic rings. The van der Waals surface area contributed by atoms with E-state index in [4.69, 9.17) is 21.3 Å². The number of carbonyl (C=O) groups excluding carboxylic acids is 1. The molecular formula is C10H14N2O3. The number of carbonyl (C=O) groups is 1. The third-order valence-corrected chi connectivity index (χ3v) is 1.83. The highest BCUT2D eigenvalue weighted by molar-refractivity contribution is 5.95. The second-order valence-electron chi connectivity index (χ2n) is 3.06. The lowest BCUT2D eigenvalue weighted by Crippen LogP contribution is -2.10. The molecule has 82 valence electrons. The highest BCUT2D eigenvalue weighted by Crippen LogP contribution is 2.16. The van der Waals surface area contributed by atoms with Crippen molar-refractivity contribution in [1.82, 2.24) is 0 Å². The number of nitrogens with two attached hydrogens (primary N) is 2. The van der Waals surface area contributed by atoms with Crippen LogP contribution in [0, 0.1) is 0 Å². The number of aliphatic hydroxyl groups is 1. The Morgan fingerprint density at radius 3 is 2.73 bits per heavy atom. The predicted octanol–water partition coefficient (Wildman–Crippen LogP) is 0.390. The Bertz CT molecular complexity index is 353. The second kappa shape index (κ2) is 5.21. The van der Waals surface area contributed by atoms with Crippen LogP contribution in [0.2, 0.25) is 0 Å². The van der Waals surface area contributed by atoms with Crippen LogP contribution in [0.5, 0.6) is 0 Å². The molecule has 0 saturated heterocycles. The van der Waals surface area contributed by atoms with E-state index in [1.807, 2.05) is 0 Å². The molecule has 0 radical (unpaired) electrons. The van der Waals surface area contributed by atoms with Crippen LogP contribution in [0.4, 0.5) is 11.4 Å². The minimum absolute atomic E-state index is 0.00942. The molecule has 0 heterocycles. The summed E-state index contributed by atoms with van der Waals surface area (Å²) < 4.78 is 4.87. The Kier molecular flexibility index (Phi) is 3.93. The molecule has 5 heteroatoms. The largest absolute Gasteiger partial charge is 0.462 e. The van der Waals surface area contributed by atoms with Gasteiger partial charge in [-0.15, -0.1) is 0 Å². The van der Waals surface area contributed by atoms with E-state index in [9.17, 15) is 4.79 Å². The van der Waals surface area contributed by atoms with E-state index >= 15 is 0 Å². The summed E-state index contributed by atoms with van der Waals surface area (Å²) >= 11 is 0. The first-order valence-corrected chi connectivity index (χ1v) is 4.58. The molecule has 0 fully saturated rings. The molecular weight excluding hydrogens is 196 g/mol. The molecule has 5 nitrogen and oxygen atoms in total. The molecule has 1 rings (SSSR count). The number of rotatable bonds is 4. The molecule has 15 heavy (non-hydrogen) atoms. The zero-order valence-electron chi connectivity index (χ0n) is 8.27. The van der Waals surface area contributed by atoms with Crippen molar-refractivity contribution in [2.45, 2.75) is 6.42 Å².